The standard InChI is InChI=1S/C26H23Cl2N3O3S2/c1-13-11-15(12-20-23(32)30-26(36-20)29-18-9-6-8-17(27)22(18)28)14(2)31(13)24-21(25(33)34-3)16-7-4-5-10-19(16)35-24/h6,8-9,11-12H,4-5,7,10H2,1-3H3,(H,29,30,32)/b20-12-. The number of carbonyl (C=O) groups excluding carboxylic acids is 2. The lowest BCUT2D eigenvalue weighted by atomic mass is 9.95. The fraction of sp³-hybridized carbons (Fsp3) is 0.269. The Balaban J connectivity index is 1.51. The van der Waals surface area contributed by atoms with Crippen LogP contribution in [0.25, 0.3) is 11.1 Å². The van der Waals surface area contributed by atoms with E-state index in [1.165, 1.54) is 23.7 Å². The van der Waals surface area contributed by atoms with Crippen molar-refractivity contribution in [3.8, 4) is 5.00 Å². The van der Waals surface area contributed by atoms with Crippen molar-refractivity contribution in [1.82, 2.24) is 9.88 Å². The van der Waals surface area contributed by atoms with Gasteiger partial charge < -0.3 is 14.6 Å². The number of aromatic nitrogens is 1. The SMILES string of the molecule is COC(=O)c1c(-n2c(C)cc(/C=C3\SC(=Nc4cccc(Cl)c4Cl)NC3=O)c2C)sc2c1CCCC2. The number of benzene rings is 1. The third-order valence-corrected chi connectivity index (χ3v) is 9.30. The number of nitrogens with zero attached hydrogens (tertiary/aromatic N) is 2. The molecule has 2 aromatic heterocycles. The van der Waals surface area contributed by atoms with Gasteiger partial charge in [-0.1, -0.05) is 29.3 Å². The molecule has 1 aliphatic carbocycles. The van der Waals surface area contributed by atoms with E-state index in [0.717, 1.165) is 53.2 Å². The van der Waals surface area contributed by atoms with E-state index in [-0.39, 0.29) is 11.9 Å². The maximum Gasteiger partial charge on any atom is 0.341 e. The summed E-state index contributed by atoms with van der Waals surface area (Å²) in [6, 6.07) is 7.21. The van der Waals surface area contributed by atoms with E-state index in [4.69, 9.17) is 27.9 Å². The quantitative estimate of drug-likeness (QED) is 0.275. The smallest absolute Gasteiger partial charge is 0.341 e. The van der Waals surface area contributed by atoms with Crippen molar-refractivity contribution < 1.29 is 14.3 Å². The summed E-state index contributed by atoms with van der Waals surface area (Å²) < 4.78 is 7.26. The van der Waals surface area contributed by atoms with Crippen LogP contribution >= 0.6 is 46.3 Å². The molecule has 1 saturated heterocycles. The van der Waals surface area contributed by atoms with Gasteiger partial charge in [-0.3, -0.25) is 4.79 Å². The summed E-state index contributed by atoms with van der Waals surface area (Å²) in [5, 5.41) is 4.85. The maximum atomic E-state index is 12.8. The van der Waals surface area contributed by atoms with E-state index in [0.29, 0.717) is 31.4 Å². The van der Waals surface area contributed by atoms with Gasteiger partial charge in [0.05, 0.1) is 33.3 Å². The molecule has 5 rings (SSSR count). The van der Waals surface area contributed by atoms with Crippen LogP contribution in [0.5, 0.6) is 0 Å². The predicted molar refractivity (Wildman–Crippen MR) is 148 cm³/mol. The van der Waals surface area contributed by atoms with Gasteiger partial charge >= 0.3 is 5.97 Å². The highest BCUT2D eigenvalue weighted by Gasteiger charge is 2.29. The van der Waals surface area contributed by atoms with Crippen molar-refractivity contribution in [3.63, 3.8) is 0 Å². The molecule has 0 bridgehead atoms. The summed E-state index contributed by atoms with van der Waals surface area (Å²) in [7, 11) is 1.43. The van der Waals surface area contributed by atoms with Gasteiger partial charge in [0.25, 0.3) is 5.91 Å². The van der Waals surface area contributed by atoms with Crippen LogP contribution in [0.2, 0.25) is 10.0 Å². The first-order chi connectivity index (χ1) is 17.3. The molecule has 1 aromatic carbocycles. The number of hydrogen-bond acceptors (Lipinski definition) is 6. The first-order valence-corrected chi connectivity index (χ1v) is 13.8. The van der Waals surface area contributed by atoms with Gasteiger partial charge in [-0.25, -0.2) is 9.79 Å². The molecule has 186 valence electrons. The molecule has 0 radical (unpaired) electrons. The van der Waals surface area contributed by atoms with E-state index < -0.39 is 0 Å². The van der Waals surface area contributed by atoms with Crippen molar-refractivity contribution in [2.75, 3.05) is 7.11 Å². The van der Waals surface area contributed by atoms with Crippen molar-refractivity contribution in [3.05, 3.63) is 72.2 Å². The molecule has 1 amide bonds. The zero-order valence-electron chi connectivity index (χ0n) is 19.9. The van der Waals surface area contributed by atoms with E-state index in [1.54, 1.807) is 29.5 Å². The predicted octanol–water partition coefficient (Wildman–Crippen LogP) is 7.02. The van der Waals surface area contributed by atoms with Crippen LogP contribution in [0, 0.1) is 13.8 Å². The Morgan fingerprint density at radius 3 is 2.78 bits per heavy atom. The lowest BCUT2D eigenvalue weighted by Gasteiger charge is -2.12. The highest BCUT2D eigenvalue weighted by atomic mass is 35.5. The molecule has 3 aromatic rings. The first kappa shape index (κ1) is 25.1. The van der Waals surface area contributed by atoms with Gasteiger partial charge in [-0.05, 0) is 86.7 Å². The number of rotatable bonds is 4. The molecule has 1 fully saturated rings. The fourth-order valence-corrected chi connectivity index (χ4v) is 7.23. The number of hydrogen-bond donors (Lipinski definition) is 1. The summed E-state index contributed by atoms with van der Waals surface area (Å²) in [6.45, 7) is 4.00. The molecule has 36 heavy (non-hydrogen) atoms. The molecule has 10 heteroatoms. The largest absolute Gasteiger partial charge is 0.465 e. The zero-order valence-corrected chi connectivity index (χ0v) is 23.1. The van der Waals surface area contributed by atoms with Gasteiger partial charge in [0.1, 0.15) is 5.00 Å². The Morgan fingerprint density at radius 1 is 1.22 bits per heavy atom. The van der Waals surface area contributed by atoms with Crippen molar-refractivity contribution in [2.24, 2.45) is 4.99 Å². The molecule has 1 aliphatic heterocycles. The number of esters is 1. The van der Waals surface area contributed by atoms with Crippen LogP contribution in [-0.2, 0) is 22.4 Å². The summed E-state index contributed by atoms with van der Waals surface area (Å²) in [5.74, 6) is -0.536. The number of fused-ring (bicyclic) bond motifs is 1. The molecular weight excluding hydrogens is 537 g/mol. The average molecular weight is 561 g/mol. The molecule has 0 unspecified atom stereocenters. The number of thioether (sulfide) groups is 1. The van der Waals surface area contributed by atoms with Crippen molar-refractivity contribution in [2.45, 2.75) is 39.5 Å². The van der Waals surface area contributed by atoms with Gasteiger partial charge in [-0.2, -0.15) is 0 Å². The minimum atomic E-state index is -0.303. The Bertz CT molecular complexity index is 1470. The molecule has 0 saturated carbocycles. The summed E-state index contributed by atoms with van der Waals surface area (Å²) in [6.07, 6.45) is 5.93. The summed E-state index contributed by atoms with van der Waals surface area (Å²) in [4.78, 5) is 31.8. The van der Waals surface area contributed by atoms with E-state index in [1.807, 2.05) is 26.0 Å². The second-order valence-corrected chi connectivity index (χ2v) is 11.5. The fourth-order valence-electron chi connectivity index (χ4n) is 4.58. The third-order valence-electron chi connectivity index (χ3n) is 6.31. The van der Waals surface area contributed by atoms with E-state index >= 15 is 0 Å². The Labute approximate surface area is 227 Å². The number of nitrogens with one attached hydrogen (secondary N) is 1. The molecule has 0 atom stereocenters. The molecule has 2 aliphatic rings. The lowest BCUT2D eigenvalue weighted by Crippen LogP contribution is -2.19. The summed E-state index contributed by atoms with van der Waals surface area (Å²) in [5.41, 5.74) is 5.09. The number of halogens is 2. The van der Waals surface area contributed by atoms with E-state index in [9.17, 15) is 9.59 Å². The normalized spacial score (nSPS) is 17.5. The molecule has 0 spiro atoms. The van der Waals surface area contributed by atoms with Gasteiger partial charge in [0, 0.05) is 16.3 Å². The second kappa shape index (κ2) is 10.1. The zero-order chi connectivity index (χ0) is 25.6. The van der Waals surface area contributed by atoms with Crippen LogP contribution in [0.15, 0.2) is 34.2 Å². The number of amides is 1. The number of ether oxygens (including phenoxy) is 1. The topological polar surface area (TPSA) is 72.7 Å². The van der Waals surface area contributed by atoms with Crippen LogP contribution in [0.4, 0.5) is 5.69 Å². The highest BCUT2D eigenvalue weighted by Crippen LogP contribution is 2.40. The average Bonchev–Trinajstić information content (AvgIpc) is 3.49. The minimum Gasteiger partial charge on any atom is -0.465 e. The first-order valence-electron chi connectivity index (χ1n) is 11.4. The second-order valence-electron chi connectivity index (χ2n) is 8.60. The number of amidine groups is 1. The number of thiophene rings is 1. The van der Waals surface area contributed by atoms with Crippen LogP contribution in [0.3, 0.4) is 0 Å². The maximum absolute atomic E-state index is 12.8. The van der Waals surface area contributed by atoms with Crippen molar-refractivity contribution >= 4 is 75.1 Å². The number of aryl methyl sites for hydroxylation is 2. The molecule has 6 nitrogen and oxygen atoms in total. The van der Waals surface area contributed by atoms with Gasteiger partial charge in [0.2, 0.25) is 0 Å². The Hall–Kier alpha value is -2.52. The van der Waals surface area contributed by atoms with Gasteiger partial charge in [-0.15, -0.1) is 11.3 Å². The van der Waals surface area contributed by atoms with Crippen molar-refractivity contribution in [1.29, 1.82) is 0 Å². The highest BCUT2D eigenvalue weighted by molar-refractivity contribution is 8.18. The Morgan fingerprint density at radius 2 is 2.00 bits per heavy atom. The number of carbonyl (C=O) groups is 2. The monoisotopic (exact) mass is 559 g/mol. The number of methoxy groups -OCH3 is 1. The van der Waals surface area contributed by atoms with Gasteiger partial charge in [0.15, 0.2) is 5.17 Å². The lowest BCUT2D eigenvalue weighted by molar-refractivity contribution is -0.115. The van der Waals surface area contributed by atoms with Crippen LogP contribution < -0.4 is 5.32 Å². The third kappa shape index (κ3) is 4.52. The van der Waals surface area contributed by atoms with Crippen LogP contribution in [-0.4, -0.2) is 28.7 Å². The number of aliphatic imine (C=N–C) groups is 1. The minimum absolute atomic E-state index is 0.233. The molecular formula is C26H23Cl2N3O3S2. The summed E-state index contributed by atoms with van der Waals surface area (Å²) >= 11 is 15.2. The molecule has 1 N–H and O–H groups in total. The molecule has 3 heterocycles. The Kier molecular flexibility index (Phi) is 7.05. The van der Waals surface area contributed by atoms with Crippen LogP contribution in [0.1, 0.15) is 50.6 Å². The van der Waals surface area contributed by atoms with E-state index in [2.05, 4.69) is 14.9 Å².